The Morgan fingerprint density at radius 1 is 1.23 bits per heavy atom. The predicted molar refractivity (Wildman–Crippen MR) is 81.5 cm³/mol. The van der Waals surface area contributed by atoms with Gasteiger partial charge in [-0.1, -0.05) is 26.0 Å². The number of aryl methyl sites for hydroxylation is 1. The van der Waals surface area contributed by atoms with E-state index in [1.54, 1.807) is 24.3 Å². The van der Waals surface area contributed by atoms with Crippen LogP contribution in [0.1, 0.15) is 38.7 Å². The van der Waals surface area contributed by atoms with E-state index in [0.717, 1.165) is 0 Å². The highest BCUT2D eigenvalue weighted by molar-refractivity contribution is 5.95. The molecule has 1 amide bonds. The summed E-state index contributed by atoms with van der Waals surface area (Å²) in [6.45, 7) is 4.03. The third kappa shape index (κ3) is 5.02. The third-order valence-electron chi connectivity index (χ3n) is 4.11. The van der Waals surface area contributed by atoms with E-state index in [1.807, 2.05) is 13.8 Å². The monoisotopic (exact) mass is 316 g/mol. The minimum absolute atomic E-state index is 0.100. The van der Waals surface area contributed by atoms with E-state index in [-0.39, 0.29) is 18.9 Å². The number of rotatable bonds is 7. The number of benzene rings is 1. The zero-order valence-electron chi connectivity index (χ0n) is 13.0. The van der Waals surface area contributed by atoms with E-state index in [1.165, 1.54) is 0 Å². The highest BCUT2D eigenvalue weighted by atomic mass is 19.4. The molecule has 0 saturated heterocycles. The maximum atomic E-state index is 12.4. The molecule has 0 fully saturated rings. The van der Waals surface area contributed by atoms with Crippen LogP contribution in [0, 0.1) is 5.41 Å². The Bertz CT molecular complexity index is 488. The molecular formula is C16H23F3N2O. The van der Waals surface area contributed by atoms with Crippen molar-refractivity contribution in [2.45, 2.75) is 45.7 Å². The van der Waals surface area contributed by atoms with E-state index in [9.17, 15) is 18.0 Å². The normalized spacial score (nSPS) is 12.3. The fourth-order valence-corrected chi connectivity index (χ4v) is 2.31. The van der Waals surface area contributed by atoms with E-state index in [4.69, 9.17) is 5.73 Å². The molecule has 0 bridgehead atoms. The lowest BCUT2D eigenvalue weighted by molar-refractivity contribution is -0.134. The summed E-state index contributed by atoms with van der Waals surface area (Å²) < 4.78 is 36.8. The van der Waals surface area contributed by atoms with Crippen molar-refractivity contribution in [3.05, 3.63) is 29.8 Å². The molecular weight excluding hydrogens is 293 g/mol. The maximum Gasteiger partial charge on any atom is 0.389 e. The summed E-state index contributed by atoms with van der Waals surface area (Å²) in [5.41, 5.74) is 6.13. The van der Waals surface area contributed by atoms with E-state index in [0.29, 0.717) is 24.1 Å². The molecule has 0 aliphatic heterocycles. The van der Waals surface area contributed by atoms with Crippen LogP contribution in [0.25, 0.3) is 0 Å². The van der Waals surface area contributed by atoms with Crippen LogP contribution in [0.2, 0.25) is 0 Å². The molecule has 124 valence electrons. The van der Waals surface area contributed by atoms with Crippen molar-refractivity contribution >= 4 is 11.6 Å². The molecule has 1 rings (SSSR count). The quantitative estimate of drug-likeness (QED) is 0.802. The standard InChI is InChI=1S/C16H23F3N2O/c1-3-15(4-2,11-20)14(22)21-13-7-5-6-12(10-13)8-9-16(17,18)19/h5-7,10H,3-4,8-9,11,20H2,1-2H3,(H,21,22). The molecule has 0 atom stereocenters. The Kier molecular flexibility index (Phi) is 6.41. The number of carbonyl (C=O) groups excluding carboxylic acids is 1. The zero-order valence-corrected chi connectivity index (χ0v) is 13.0. The Labute approximate surface area is 129 Å². The minimum Gasteiger partial charge on any atom is -0.329 e. The summed E-state index contributed by atoms with van der Waals surface area (Å²) in [7, 11) is 0. The zero-order chi connectivity index (χ0) is 16.8. The molecule has 0 heterocycles. The van der Waals surface area contributed by atoms with Crippen LogP contribution < -0.4 is 11.1 Å². The molecule has 1 aromatic rings. The summed E-state index contributed by atoms with van der Waals surface area (Å²) in [6.07, 6.45) is -3.94. The van der Waals surface area contributed by atoms with Gasteiger partial charge in [0.2, 0.25) is 5.91 Å². The van der Waals surface area contributed by atoms with Crippen LogP contribution >= 0.6 is 0 Å². The average Bonchev–Trinajstić information content (AvgIpc) is 2.47. The molecule has 0 aliphatic rings. The summed E-state index contributed by atoms with van der Waals surface area (Å²) in [6, 6.07) is 6.51. The number of hydrogen-bond donors (Lipinski definition) is 2. The number of hydrogen-bond acceptors (Lipinski definition) is 2. The summed E-state index contributed by atoms with van der Waals surface area (Å²) >= 11 is 0. The average molecular weight is 316 g/mol. The van der Waals surface area contributed by atoms with Crippen molar-refractivity contribution in [1.29, 1.82) is 0 Å². The topological polar surface area (TPSA) is 55.1 Å². The number of halogens is 3. The molecule has 3 N–H and O–H groups in total. The van der Waals surface area contributed by atoms with Crippen LogP contribution in [0.3, 0.4) is 0 Å². The second-order valence-corrected chi connectivity index (χ2v) is 5.46. The number of anilines is 1. The fourth-order valence-electron chi connectivity index (χ4n) is 2.31. The number of nitrogens with one attached hydrogen (secondary N) is 1. The summed E-state index contributed by atoms with van der Waals surface area (Å²) in [4.78, 5) is 12.4. The molecule has 6 heteroatoms. The van der Waals surface area contributed by atoms with Crippen molar-refractivity contribution in [2.75, 3.05) is 11.9 Å². The Hall–Kier alpha value is -1.56. The Morgan fingerprint density at radius 3 is 2.36 bits per heavy atom. The minimum atomic E-state index is -4.18. The van der Waals surface area contributed by atoms with Crippen molar-refractivity contribution in [3.8, 4) is 0 Å². The van der Waals surface area contributed by atoms with Gasteiger partial charge in [-0.15, -0.1) is 0 Å². The van der Waals surface area contributed by atoms with E-state index >= 15 is 0 Å². The van der Waals surface area contributed by atoms with Crippen LogP contribution in [-0.4, -0.2) is 18.6 Å². The molecule has 0 saturated carbocycles. The van der Waals surface area contributed by atoms with Crippen molar-refractivity contribution in [1.82, 2.24) is 0 Å². The van der Waals surface area contributed by atoms with Crippen LogP contribution in [-0.2, 0) is 11.2 Å². The molecule has 22 heavy (non-hydrogen) atoms. The van der Waals surface area contributed by atoms with Gasteiger partial charge >= 0.3 is 6.18 Å². The van der Waals surface area contributed by atoms with Crippen LogP contribution in [0.15, 0.2) is 24.3 Å². The van der Waals surface area contributed by atoms with Gasteiger partial charge in [-0.05, 0) is 37.0 Å². The molecule has 0 aliphatic carbocycles. The molecule has 1 aromatic carbocycles. The SMILES string of the molecule is CCC(CC)(CN)C(=O)Nc1cccc(CCC(F)(F)F)c1. The molecule has 3 nitrogen and oxygen atoms in total. The largest absolute Gasteiger partial charge is 0.389 e. The Morgan fingerprint density at radius 2 is 1.86 bits per heavy atom. The van der Waals surface area contributed by atoms with Gasteiger partial charge in [0.15, 0.2) is 0 Å². The van der Waals surface area contributed by atoms with Crippen molar-refractivity contribution in [3.63, 3.8) is 0 Å². The number of alkyl halides is 3. The number of carbonyl (C=O) groups is 1. The maximum absolute atomic E-state index is 12.4. The van der Waals surface area contributed by atoms with Gasteiger partial charge in [0.25, 0.3) is 0 Å². The van der Waals surface area contributed by atoms with E-state index < -0.39 is 18.0 Å². The van der Waals surface area contributed by atoms with E-state index in [2.05, 4.69) is 5.32 Å². The lowest BCUT2D eigenvalue weighted by Gasteiger charge is -2.28. The predicted octanol–water partition coefficient (Wildman–Crippen LogP) is 3.89. The highest BCUT2D eigenvalue weighted by Crippen LogP contribution is 2.27. The second-order valence-electron chi connectivity index (χ2n) is 5.46. The third-order valence-corrected chi connectivity index (χ3v) is 4.11. The smallest absolute Gasteiger partial charge is 0.329 e. The lowest BCUT2D eigenvalue weighted by atomic mass is 9.81. The first-order valence-corrected chi connectivity index (χ1v) is 7.43. The lowest BCUT2D eigenvalue weighted by Crippen LogP contribution is -2.41. The number of amides is 1. The van der Waals surface area contributed by atoms with Gasteiger partial charge in [0.1, 0.15) is 0 Å². The highest BCUT2D eigenvalue weighted by Gasteiger charge is 2.33. The Balaban J connectivity index is 2.80. The van der Waals surface area contributed by atoms with Gasteiger partial charge in [-0.3, -0.25) is 4.79 Å². The number of nitrogens with two attached hydrogens (primary N) is 1. The van der Waals surface area contributed by atoms with Gasteiger partial charge in [0, 0.05) is 18.7 Å². The second kappa shape index (κ2) is 7.63. The van der Waals surface area contributed by atoms with Gasteiger partial charge in [-0.2, -0.15) is 13.2 Å². The van der Waals surface area contributed by atoms with Gasteiger partial charge < -0.3 is 11.1 Å². The molecule has 0 radical (unpaired) electrons. The first-order valence-electron chi connectivity index (χ1n) is 7.43. The first-order chi connectivity index (χ1) is 10.3. The van der Waals surface area contributed by atoms with Crippen LogP contribution in [0.5, 0.6) is 0 Å². The first kappa shape index (κ1) is 18.5. The molecule has 0 spiro atoms. The molecule has 0 unspecified atom stereocenters. The van der Waals surface area contributed by atoms with Gasteiger partial charge in [0.05, 0.1) is 5.41 Å². The summed E-state index contributed by atoms with van der Waals surface area (Å²) in [5.74, 6) is -0.187. The van der Waals surface area contributed by atoms with Crippen molar-refractivity contribution in [2.24, 2.45) is 11.1 Å². The van der Waals surface area contributed by atoms with Crippen LogP contribution in [0.4, 0.5) is 18.9 Å². The fraction of sp³-hybridized carbons (Fsp3) is 0.562. The molecule has 0 aromatic heterocycles. The van der Waals surface area contributed by atoms with Gasteiger partial charge in [-0.25, -0.2) is 0 Å². The van der Waals surface area contributed by atoms with Crippen molar-refractivity contribution < 1.29 is 18.0 Å². The summed E-state index contributed by atoms with van der Waals surface area (Å²) in [5, 5.41) is 2.77.